The standard InChI is InChI=1S/C13H17Cl2NO2S/c1-13(2)5-6-16(9-13)19(17,18)11-3-4-12(15)10(7-11)8-14/h3-4,7H,5-6,8-9H2,1-2H3. The highest BCUT2D eigenvalue weighted by atomic mass is 35.5. The zero-order valence-electron chi connectivity index (χ0n) is 11.0. The summed E-state index contributed by atoms with van der Waals surface area (Å²) < 4.78 is 26.6. The minimum absolute atomic E-state index is 0.0365. The van der Waals surface area contributed by atoms with Gasteiger partial charge in [-0.3, -0.25) is 0 Å². The first-order valence-electron chi connectivity index (χ1n) is 6.11. The van der Waals surface area contributed by atoms with E-state index in [2.05, 4.69) is 13.8 Å². The highest BCUT2D eigenvalue weighted by molar-refractivity contribution is 7.89. The van der Waals surface area contributed by atoms with E-state index >= 15 is 0 Å². The van der Waals surface area contributed by atoms with Gasteiger partial charge in [0.05, 0.1) is 4.90 Å². The maximum Gasteiger partial charge on any atom is 0.243 e. The van der Waals surface area contributed by atoms with Crippen molar-refractivity contribution in [1.82, 2.24) is 4.31 Å². The van der Waals surface area contributed by atoms with Crippen LogP contribution in [0.4, 0.5) is 0 Å². The normalized spacial score (nSPS) is 19.8. The molecule has 0 aliphatic carbocycles. The molecule has 0 N–H and O–H groups in total. The summed E-state index contributed by atoms with van der Waals surface area (Å²) in [6, 6.07) is 4.70. The Hall–Kier alpha value is -0.290. The van der Waals surface area contributed by atoms with Crippen molar-refractivity contribution in [2.24, 2.45) is 5.41 Å². The Balaban J connectivity index is 2.35. The third-order valence-electron chi connectivity index (χ3n) is 3.44. The topological polar surface area (TPSA) is 37.4 Å². The smallest absolute Gasteiger partial charge is 0.207 e. The summed E-state index contributed by atoms with van der Waals surface area (Å²) in [6.07, 6.45) is 0.877. The number of sulfonamides is 1. The van der Waals surface area contributed by atoms with Gasteiger partial charge in [-0.1, -0.05) is 25.4 Å². The summed E-state index contributed by atoms with van der Waals surface area (Å²) in [4.78, 5) is 0.269. The molecule has 0 atom stereocenters. The third-order valence-corrected chi connectivity index (χ3v) is 5.94. The van der Waals surface area contributed by atoms with Crippen LogP contribution in [0.1, 0.15) is 25.8 Å². The lowest BCUT2D eigenvalue weighted by molar-refractivity contribution is 0.375. The predicted molar refractivity (Wildman–Crippen MR) is 78.2 cm³/mol. The Morgan fingerprint density at radius 3 is 2.58 bits per heavy atom. The lowest BCUT2D eigenvalue weighted by Gasteiger charge is -2.20. The van der Waals surface area contributed by atoms with E-state index in [9.17, 15) is 8.42 Å². The molecule has 3 nitrogen and oxygen atoms in total. The second-order valence-corrected chi connectivity index (χ2v) is 8.25. The maximum atomic E-state index is 12.5. The van der Waals surface area contributed by atoms with E-state index in [0.29, 0.717) is 23.7 Å². The molecule has 1 aliphatic heterocycles. The van der Waals surface area contributed by atoms with E-state index in [1.165, 1.54) is 4.31 Å². The first-order chi connectivity index (χ1) is 8.76. The number of rotatable bonds is 3. The van der Waals surface area contributed by atoms with E-state index in [1.807, 2.05) is 0 Å². The zero-order chi connectivity index (χ0) is 14.3. The largest absolute Gasteiger partial charge is 0.243 e. The Morgan fingerprint density at radius 1 is 1.37 bits per heavy atom. The number of nitrogens with zero attached hydrogens (tertiary/aromatic N) is 1. The fraction of sp³-hybridized carbons (Fsp3) is 0.538. The van der Waals surface area contributed by atoms with Crippen LogP contribution in [0.3, 0.4) is 0 Å². The summed E-state index contributed by atoms with van der Waals surface area (Å²) in [6.45, 7) is 5.27. The molecule has 1 aromatic carbocycles. The van der Waals surface area contributed by atoms with Crippen molar-refractivity contribution in [3.63, 3.8) is 0 Å². The average Bonchev–Trinajstić information content (AvgIpc) is 2.70. The first-order valence-corrected chi connectivity index (χ1v) is 8.46. The van der Waals surface area contributed by atoms with E-state index in [4.69, 9.17) is 23.2 Å². The molecule has 1 heterocycles. The highest BCUT2D eigenvalue weighted by Gasteiger charge is 2.36. The minimum atomic E-state index is -3.44. The van der Waals surface area contributed by atoms with Crippen molar-refractivity contribution in [2.75, 3.05) is 13.1 Å². The Morgan fingerprint density at radius 2 is 2.05 bits per heavy atom. The van der Waals surface area contributed by atoms with Crippen LogP contribution < -0.4 is 0 Å². The predicted octanol–water partition coefficient (Wildman–Crippen LogP) is 3.50. The van der Waals surface area contributed by atoms with Gasteiger partial charge in [-0.15, -0.1) is 11.6 Å². The second-order valence-electron chi connectivity index (χ2n) is 5.64. The van der Waals surface area contributed by atoms with Gasteiger partial charge in [0, 0.05) is 24.0 Å². The summed E-state index contributed by atoms with van der Waals surface area (Å²) in [5, 5.41) is 0.496. The molecule has 0 bridgehead atoms. The lowest BCUT2D eigenvalue weighted by atomic mass is 9.93. The van der Waals surface area contributed by atoms with Crippen LogP contribution in [-0.4, -0.2) is 25.8 Å². The molecule has 0 saturated carbocycles. The molecule has 106 valence electrons. The average molecular weight is 322 g/mol. The molecule has 1 saturated heterocycles. The molecule has 0 radical (unpaired) electrons. The monoisotopic (exact) mass is 321 g/mol. The maximum absolute atomic E-state index is 12.5. The highest BCUT2D eigenvalue weighted by Crippen LogP contribution is 2.33. The van der Waals surface area contributed by atoms with Gasteiger partial charge in [-0.05, 0) is 35.6 Å². The lowest BCUT2D eigenvalue weighted by Crippen LogP contribution is -2.30. The van der Waals surface area contributed by atoms with Crippen molar-refractivity contribution >= 4 is 33.2 Å². The van der Waals surface area contributed by atoms with Gasteiger partial charge in [0.15, 0.2) is 0 Å². The molecule has 0 amide bonds. The molecule has 2 rings (SSSR count). The van der Waals surface area contributed by atoms with Gasteiger partial charge in [0.2, 0.25) is 10.0 Å². The van der Waals surface area contributed by atoms with Gasteiger partial charge < -0.3 is 0 Å². The van der Waals surface area contributed by atoms with E-state index < -0.39 is 10.0 Å². The summed E-state index contributed by atoms with van der Waals surface area (Å²) in [7, 11) is -3.44. The molecule has 0 spiro atoms. The van der Waals surface area contributed by atoms with Crippen molar-refractivity contribution in [3.05, 3.63) is 28.8 Å². The molecule has 19 heavy (non-hydrogen) atoms. The quantitative estimate of drug-likeness (QED) is 0.799. The number of alkyl halides is 1. The van der Waals surface area contributed by atoms with Crippen LogP contribution in [-0.2, 0) is 15.9 Å². The SMILES string of the molecule is CC1(C)CCN(S(=O)(=O)c2ccc(Cl)c(CCl)c2)C1. The zero-order valence-corrected chi connectivity index (χ0v) is 13.3. The van der Waals surface area contributed by atoms with Crippen LogP contribution in [0.25, 0.3) is 0 Å². The number of halogens is 2. The molecular weight excluding hydrogens is 305 g/mol. The van der Waals surface area contributed by atoms with Crippen molar-refractivity contribution < 1.29 is 8.42 Å². The minimum Gasteiger partial charge on any atom is -0.207 e. The molecule has 1 aliphatic rings. The molecule has 1 fully saturated rings. The van der Waals surface area contributed by atoms with E-state index in [1.54, 1.807) is 18.2 Å². The van der Waals surface area contributed by atoms with Crippen LogP contribution in [0.15, 0.2) is 23.1 Å². The van der Waals surface area contributed by atoms with Crippen LogP contribution >= 0.6 is 23.2 Å². The molecule has 0 aromatic heterocycles. The first kappa shape index (κ1) is 15.1. The number of hydrogen-bond acceptors (Lipinski definition) is 2. The van der Waals surface area contributed by atoms with Gasteiger partial charge in [0.1, 0.15) is 0 Å². The molecule has 1 aromatic rings. The van der Waals surface area contributed by atoms with Crippen LogP contribution in [0.2, 0.25) is 5.02 Å². The summed E-state index contributed by atoms with van der Waals surface area (Å²) in [5.41, 5.74) is 0.678. The summed E-state index contributed by atoms with van der Waals surface area (Å²) in [5.74, 6) is 0.202. The van der Waals surface area contributed by atoms with Crippen LogP contribution in [0, 0.1) is 5.41 Å². The van der Waals surface area contributed by atoms with Crippen molar-refractivity contribution in [3.8, 4) is 0 Å². The van der Waals surface area contributed by atoms with Gasteiger partial charge >= 0.3 is 0 Å². The van der Waals surface area contributed by atoms with Gasteiger partial charge in [0.25, 0.3) is 0 Å². The third kappa shape index (κ3) is 3.07. The van der Waals surface area contributed by atoms with Crippen LogP contribution in [0.5, 0.6) is 0 Å². The fourth-order valence-corrected chi connectivity index (χ4v) is 4.39. The van der Waals surface area contributed by atoms with Crippen molar-refractivity contribution in [1.29, 1.82) is 0 Å². The van der Waals surface area contributed by atoms with E-state index in [0.717, 1.165) is 6.42 Å². The van der Waals surface area contributed by atoms with Crippen molar-refractivity contribution in [2.45, 2.75) is 31.0 Å². The second kappa shape index (κ2) is 5.24. The molecule has 0 unspecified atom stereocenters. The van der Waals surface area contributed by atoms with E-state index in [-0.39, 0.29) is 16.2 Å². The Bertz CT molecular complexity index is 584. The molecular formula is C13H17Cl2NO2S. The number of hydrogen-bond donors (Lipinski definition) is 0. The Labute approximate surface area is 124 Å². The van der Waals surface area contributed by atoms with Gasteiger partial charge in [-0.25, -0.2) is 8.42 Å². The van der Waals surface area contributed by atoms with Gasteiger partial charge in [-0.2, -0.15) is 4.31 Å². The Kier molecular flexibility index (Phi) is 4.17. The fourth-order valence-electron chi connectivity index (χ4n) is 2.23. The molecule has 6 heteroatoms. The number of benzene rings is 1. The summed E-state index contributed by atoms with van der Waals surface area (Å²) >= 11 is 11.7.